The largest absolute Gasteiger partial charge is 0.481 e. The zero-order chi connectivity index (χ0) is 23.8. The second kappa shape index (κ2) is 11.1. The van der Waals surface area contributed by atoms with Gasteiger partial charge in [-0.3, -0.25) is 14.4 Å². The summed E-state index contributed by atoms with van der Waals surface area (Å²) in [5.41, 5.74) is 4.36. The van der Waals surface area contributed by atoms with Gasteiger partial charge < -0.3 is 30.9 Å². The number of benzene rings is 2. The summed E-state index contributed by atoms with van der Waals surface area (Å²) in [5, 5.41) is 24.9. The second-order valence-corrected chi connectivity index (χ2v) is 7.51. The number of carboxylic acids is 1. The van der Waals surface area contributed by atoms with Crippen LogP contribution in [-0.2, 0) is 19.1 Å². The number of ether oxygens (including phenoxy) is 1. The molecule has 1 unspecified atom stereocenters. The highest BCUT2D eigenvalue weighted by Crippen LogP contribution is 2.44. The highest BCUT2D eigenvalue weighted by molar-refractivity contribution is 5.87. The van der Waals surface area contributed by atoms with E-state index < -0.39 is 36.4 Å². The fourth-order valence-electron chi connectivity index (χ4n) is 3.61. The quantitative estimate of drug-likeness (QED) is 0.351. The van der Waals surface area contributed by atoms with Crippen molar-refractivity contribution < 1.29 is 34.1 Å². The first-order valence-electron chi connectivity index (χ1n) is 10.4. The molecule has 1 aliphatic carbocycles. The van der Waals surface area contributed by atoms with Crippen LogP contribution in [0.4, 0.5) is 4.79 Å². The molecule has 2 aromatic rings. The van der Waals surface area contributed by atoms with E-state index in [0.29, 0.717) is 0 Å². The van der Waals surface area contributed by atoms with Gasteiger partial charge in [0, 0.05) is 12.5 Å². The molecule has 10 nitrogen and oxygen atoms in total. The van der Waals surface area contributed by atoms with Gasteiger partial charge in [0.1, 0.15) is 13.2 Å². The van der Waals surface area contributed by atoms with Crippen molar-refractivity contribution in [3.63, 3.8) is 0 Å². The number of rotatable bonds is 10. The molecule has 1 atom stereocenters. The van der Waals surface area contributed by atoms with Gasteiger partial charge in [0.25, 0.3) is 0 Å². The van der Waals surface area contributed by atoms with Gasteiger partial charge in [-0.05, 0) is 22.3 Å². The van der Waals surface area contributed by atoms with E-state index >= 15 is 0 Å². The fraction of sp³-hybridized carbons (Fsp3) is 0.304. The number of aliphatic carboxylic acids is 1. The Bertz CT molecular complexity index is 995. The maximum atomic E-state index is 12.1. The van der Waals surface area contributed by atoms with Crippen LogP contribution in [0.5, 0.6) is 0 Å². The number of fused-ring (bicyclic) bond motifs is 3. The third kappa shape index (κ3) is 6.53. The molecule has 0 saturated carbocycles. The van der Waals surface area contributed by atoms with E-state index in [-0.39, 0.29) is 32.2 Å². The van der Waals surface area contributed by atoms with Crippen molar-refractivity contribution in [1.29, 1.82) is 0 Å². The zero-order valence-corrected chi connectivity index (χ0v) is 17.7. The molecule has 5 N–H and O–H groups in total. The molecule has 0 aliphatic heterocycles. The van der Waals surface area contributed by atoms with Crippen LogP contribution >= 0.6 is 0 Å². The van der Waals surface area contributed by atoms with Crippen LogP contribution in [0.3, 0.4) is 0 Å². The molecule has 0 heterocycles. The summed E-state index contributed by atoms with van der Waals surface area (Å²) in [6, 6.07) is 15.9. The molecule has 0 radical (unpaired) electrons. The molecular weight excluding hydrogens is 430 g/mol. The lowest BCUT2D eigenvalue weighted by Gasteiger charge is -2.14. The Labute approximate surface area is 189 Å². The van der Waals surface area contributed by atoms with Gasteiger partial charge in [-0.2, -0.15) is 0 Å². The van der Waals surface area contributed by atoms with Crippen LogP contribution < -0.4 is 16.0 Å². The van der Waals surface area contributed by atoms with Crippen molar-refractivity contribution in [3.8, 4) is 11.1 Å². The molecule has 33 heavy (non-hydrogen) atoms. The molecule has 0 bridgehead atoms. The number of alkyl carbamates (subject to hydrolysis) is 1. The number of hydrogen-bond donors (Lipinski definition) is 5. The molecule has 3 amide bonds. The molecule has 2 aromatic carbocycles. The van der Waals surface area contributed by atoms with E-state index in [9.17, 15) is 24.3 Å². The minimum atomic E-state index is -1.22. The SMILES string of the molecule is O=C(O)CC(O)CNC(=O)CNC(=O)CNC(=O)OCC1c2ccccc2-c2ccccc21. The lowest BCUT2D eigenvalue weighted by molar-refractivity contribution is -0.139. The Hall–Kier alpha value is -3.92. The summed E-state index contributed by atoms with van der Waals surface area (Å²) in [6.45, 7) is -0.905. The number of aliphatic hydroxyl groups is 1. The van der Waals surface area contributed by atoms with Crippen LogP contribution in [0.25, 0.3) is 11.1 Å². The summed E-state index contributed by atoms with van der Waals surface area (Å²) in [4.78, 5) is 46.0. The van der Waals surface area contributed by atoms with Crippen LogP contribution in [0.1, 0.15) is 23.5 Å². The van der Waals surface area contributed by atoms with Gasteiger partial charge in [0.15, 0.2) is 0 Å². The maximum absolute atomic E-state index is 12.1. The summed E-state index contributed by atoms with van der Waals surface area (Å²) in [6.07, 6.45) is -2.48. The molecule has 0 spiro atoms. The number of carbonyl (C=O) groups excluding carboxylic acids is 3. The Morgan fingerprint density at radius 1 is 0.848 bits per heavy atom. The van der Waals surface area contributed by atoms with Gasteiger partial charge in [-0.15, -0.1) is 0 Å². The topological polar surface area (TPSA) is 154 Å². The first kappa shape index (κ1) is 23.7. The Kier molecular flexibility index (Phi) is 7.98. The van der Waals surface area contributed by atoms with Gasteiger partial charge in [0.2, 0.25) is 11.8 Å². The summed E-state index contributed by atoms with van der Waals surface area (Å²) < 4.78 is 5.33. The van der Waals surface area contributed by atoms with Crippen LogP contribution in [0, 0.1) is 0 Å². The average Bonchev–Trinajstić information content (AvgIpc) is 3.12. The molecule has 3 rings (SSSR count). The minimum absolute atomic E-state index is 0.0999. The average molecular weight is 455 g/mol. The maximum Gasteiger partial charge on any atom is 0.407 e. The van der Waals surface area contributed by atoms with Gasteiger partial charge in [-0.25, -0.2) is 4.79 Å². The van der Waals surface area contributed by atoms with E-state index in [1.807, 2.05) is 48.5 Å². The molecule has 1 aliphatic rings. The van der Waals surface area contributed by atoms with E-state index in [0.717, 1.165) is 22.3 Å². The fourth-order valence-corrected chi connectivity index (χ4v) is 3.61. The van der Waals surface area contributed by atoms with Crippen molar-refractivity contribution >= 4 is 23.9 Å². The van der Waals surface area contributed by atoms with Crippen molar-refractivity contribution in [3.05, 3.63) is 59.7 Å². The van der Waals surface area contributed by atoms with E-state index in [1.54, 1.807) is 0 Å². The van der Waals surface area contributed by atoms with Crippen molar-refractivity contribution in [1.82, 2.24) is 16.0 Å². The first-order valence-corrected chi connectivity index (χ1v) is 10.4. The zero-order valence-electron chi connectivity index (χ0n) is 17.7. The van der Waals surface area contributed by atoms with Gasteiger partial charge >= 0.3 is 12.1 Å². The summed E-state index contributed by atoms with van der Waals surface area (Å²) in [7, 11) is 0. The Morgan fingerprint density at radius 3 is 2.00 bits per heavy atom. The third-order valence-electron chi connectivity index (χ3n) is 5.13. The van der Waals surface area contributed by atoms with E-state index in [2.05, 4.69) is 16.0 Å². The second-order valence-electron chi connectivity index (χ2n) is 7.51. The first-order chi connectivity index (χ1) is 15.8. The van der Waals surface area contributed by atoms with Crippen LogP contribution in [0.2, 0.25) is 0 Å². The van der Waals surface area contributed by atoms with Gasteiger partial charge in [0.05, 0.1) is 19.1 Å². The molecule has 0 saturated heterocycles. The third-order valence-corrected chi connectivity index (χ3v) is 5.13. The number of amides is 3. The lowest BCUT2D eigenvalue weighted by Crippen LogP contribution is -2.43. The highest BCUT2D eigenvalue weighted by atomic mass is 16.5. The number of carbonyl (C=O) groups is 4. The van der Waals surface area contributed by atoms with Crippen molar-refractivity contribution in [2.75, 3.05) is 26.2 Å². The molecule has 0 fully saturated rings. The Morgan fingerprint density at radius 2 is 1.39 bits per heavy atom. The van der Waals surface area contributed by atoms with Crippen LogP contribution in [-0.4, -0.2) is 66.4 Å². The number of aliphatic hydroxyl groups excluding tert-OH is 1. The molecule has 174 valence electrons. The molecule has 0 aromatic heterocycles. The van der Waals surface area contributed by atoms with Crippen LogP contribution in [0.15, 0.2) is 48.5 Å². The number of nitrogens with one attached hydrogen (secondary N) is 3. The molecule has 10 heteroatoms. The monoisotopic (exact) mass is 455 g/mol. The van der Waals surface area contributed by atoms with Crippen molar-refractivity contribution in [2.24, 2.45) is 0 Å². The standard InChI is InChI=1S/C23H25N3O7/c27-14(9-22(30)31)10-24-20(28)11-25-21(29)12-26-23(32)33-13-19-17-7-3-1-5-15(17)16-6-2-4-8-18(16)19/h1-8,14,19,27H,9-13H2,(H,24,28)(H,25,29)(H,26,32)(H,30,31). The predicted octanol–water partition coefficient (Wildman–Crippen LogP) is 0.593. The smallest absolute Gasteiger partial charge is 0.407 e. The van der Waals surface area contributed by atoms with Crippen molar-refractivity contribution in [2.45, 2.75) is 18.4 Å². The number of carboxylic acid groups (broad SMARTS) is 1. The predicted molar refractivity (Wildman–Crippen MR) is 117 cm³/mol. The number of hydrogen-bond acceptors (Lipinski definition) is 6. The highest BCUT2D eigenvalue weighted by Gasteiger charge is 2.29. The van der Waals surface area contributed by atoms with E-state index in [1.165, 1.54) is 0 Å². The normalized spacial score (nSPS) is 12.8. The van der Waals surface area contributed by atoms with E-state index in [4.69, 9.17) is 9.84 Å². The minimum Gasteiger partial charge on any atom is -0.481 e. The lowest BCUT2D eigenvalue weighted by atomic mass is 9.98. The summed E-state index contributed by atoms with van der Waals surface area (Å²) in [5.74, 6) is -2.50. The van der Waals surface area contributed by atoms with Gasteiger partial charge in [-0.1, -0.05) is 48.5 Å². The summed E-state index contributed by atoms with van der Waals surface area (Å²) >= 11 is 0. The Balaban J connectivity index is 1.38. The molecular formula is C23H25N3O7.